The second-order valence-corrected chi connectivity index (χ2v) is 6.56. The van der Waals surface area contributed by atoms with Crippen molar-refractivity contribution in [3.8, 4) is 0 Å². The molecule has 3 aromatic heterocycles. The predicted octanol–water partition coefficient (Wildman–Crippen LogP) is 2.25. The quantitative estimate of drug-likeness (QED) is 0.729. The maximum atomic E-state index is 12.7. The van der Waals surface area contributed by atoms with Gasteiger partial charge in [-0.1, -0.05) is 0 Å². The highest BCUT2D eigenvalue weighted by atomic mass is 79.9. The number of hydrogen-bond donors (Lipinski definition) is 1. The molecule has 4 rings (SSSR count). The summed E-state index contributed by atoms with van der Waals surface area (Å²) in [5, 5.41) is 13.5. The molecule has 0 atom stereocenters. The van der Waals surface area contributed by atoms with Gasteiger partial charge in [0.1, 0.15) is 5.69 Å². The number of carboxylic acids is 1. The summed E-state index contributed by atoms with van der Waals surface area (Å²) < 4.78 is 4.29. The fourth-order valence-electron chi connectivity index (χ4n) is 3.00. The van der Waals surface area contributed by atoms with E-state index in [1.807, 2.05) is 12.1 Å². The Morgan fingerprint density at radius 1 is 1.17 bits per heavy atom. The lowest BCUT2D eigenvalue weighted by molar-refractivity contribution is 0.0670. The minimum Gasteiger partial charge on any atom is -0.477 e. The van der Waals surface area contributed by atoms with Crippen molar-refractivity contribution in [1.82, 2.24) is 19.1 Å². The summed E-state index contributed by atoms with van der Waals surface area (Å²) in [6, 6.07) is 8.86. The number of nitrogens with zero attached hydrogens (tertiary/aromatic N) is 4. The molecule has 1 aliphatic heterocycles. The van der Waals surface area contributed by atoms with Gasteiger partial charge in [-0.05, 0) is 46.3 Å². The van der Waals surface area contributed by atoms with Crippen molar-refractivity contribution in [2.75, 3.05) is 6.54 Å². The SMILES string of the molecule is O=C(O)c1ccc2n1CCN(C(=O)c1cc3ccc(Br)cn3n1)C2. The van der Waals surface area contributed by atoms with E-state index in [4.69, 9.17) is 5.11 Å². The van der Waals surface area contributed by atoms with Crippen molar-refractivity contribution in [3.63, 3.8) is 0 Å². The van der Waals surface area contributed by atoms with Crippen LogP contribution in [0.5, 0.6) is 0 Å². The van der Waals surface area contributed by atoms with Gasteiger partial charge in [0.2, 0.25) is 0 Å². The molecule has 1 N–H and O–H groups in total. The topological polar surface area (TPSA) is 79.8 Å². The number of carboxylic acid groups (broad SMARTS) is 1. The van der Waals surface area contributed by atoms with Crippen LogP contribution in [0.1, 0.15) is 26.7 Å². The van der Waals surface area contributed by atoms with Gasteiger partial charge in [-0.25, -0.2) is 9.31 Å². The summed E-state index contributed by atoms with van der Waals surface area (Å²) >= 11 is 3.38. The molecule has 4 heterocycles. The van der Waals surface area contributed by atoms with E-state index >= 15 is 0 Å². The monoisotopic (exact) mass is 388 g/mol. The van der Waals surface area contributed by atoms with Crippen LogP contribution in [0.2, 0.25) is 0 Å². The molecule has 0 spiro atoms. The molecule has 24 heavy (non-hydrogen) atoms. The first-order chi connectivity index (χ1) is 11.5. The lowest BCUT2D eigenvalue weighted by atomic mass is 10.2. The Kier molecular flexibility index (Phi) is 3.42. The smallest absolute Gasteiger partial charge is 0.352 e. The van der Waals surface area contributed by atoms with Gasteiger partial charge in [0.15, 0.2) is 5.69 Å². The summed E-state index contributed by atoms with van der Waals surface area (Å²) in [5.41, 5.74) is 2.30. The average Bonchev–Trinajstić information content (AvgIpc) is 3.16. The molecule has 0 saturated carbocycles. The van der Waals surface area contributed by atoms with E-state index in [9.17, 15) is 9.59 Å². The van der Waals surface area contributed by atoms with Crippen LogP contribution in [-0.4, -0.2) is 42.6 Å². The fourth-order valence-corrected chi connectivity index (χ4v) is 3.32. The second kappa shape index (κ2) is 5.48. The average molecular weight is 389 g/mol. The van der Waals surface area contributed by atoms with Crippen molar-refractivity contribution >= 4 is 33.3 Å². The Hall–Kier alpha value is -2.61. The summed E-state index contributed by atoms with van der Waals surface area (Å²) in [7, 11) is 0. The number of halogens is 1. The lowest BCUT2D eigenvalue weighted by Gasteiger charge is -2.28. The van der Waals surface area contributed by atoms with Crippen molar-refractivity contribution in [3.05, 3.63) is 58.1 Å². The number of fused-ring (bicyclic) bond motifs is 2. The molecule has 0 unspecified atom stereocenters. The molecule has 7 nitrogen and oxygen atoms in total. The fraction of sp³-hybridized carbons (Fsp3) is 0.188. The molecular formula is C16H13BrN4O3. The first-order valence-corrected chi connectivity index (χ1v) is 8.18. The van der Waals surface area contributed by atoms with Crippen molar-refractivity contribution in [1.29, 1.82) is 0 Å². The predicted molar refractivity (Wildman–Crippen MR) is 89.0 cm³/mol. The van der Waals surface area contributed by atoms with Crippen LogP contribution in [0, 0.1) is 0 Å². The van der Waals surface area contributed by atoms with Crippen LogP contribution in [0.15, 0.2) is 41.0 Å². The van der Waals surface area contributed by atoms with Crippen molar-refractivity contribution < 1.29 is 14.7 Å². The van der Waals surface area contributed by atoms with E-state index in [1.165, 1.54) is 0 Å². The maximum Gasteiger partial charge on any atom is 0.352 e. The molecule has 0 aromatic carbocycles. The summed E-state index contributed by atoms with van der Waals surface area (Å²) in [6.07, 6.45) is 1.80. The highest BCUT2D eigenvalue weighted by molar-refractivity contribution is 9.10. The zero-order valence-corrected chi connectivity index (χ0v) is 14.1. The van der Waals surface area contributed by atoms with E-state index in [2.05, 4.69) is 21.0 Å². The molecule has 122 valence electrons. The van der Waals surface area contributed by atoms with Crippen LogP contribution in [0.25, 0.3) is 5.52 Å². The third-order valence-corrected chi connectivity index (χ3v) is 4.64. The van der Waals surface area contributed by atoms with E-state index < -0.39 is 5.97 Å². The Bertz CT molecular complexity index is 975. The summed E-state index contributed by atoms with van der Waals surface area (Å²) in [5.74, 6) is -1.11. The third-order valence-electron chi connectivity index (χ3n) is 4.17. The van der Waals surface area contributed by atoms with Crippen LogP contribution < -0.4 is 0 Å². The van der Waals surface area contributed by atoms with Gasteiger partial charge in [0.05, 0.1) is 12.1 Å². The van der Waals surface area contributed by atoms with E-state index in [0.717, 1.165) is 15.7 Å². The Balaban J connectivity index is 1.61. The van der Waals surface area contributed by atoms with Crippen LogP contribution in [0.4, 0.5) is 0 Å². The first-order valence-electron chi connectivity index (χ1n) is 7.39. The molecule has 1 amide bonds. The van der Waals surface area contributed by atoms with Crippen molar-refractivity contribution in [2.45, 2.75) is 13.1 Å². The zero-order valence-electron chi connectivity index (χ0n) is 12.5. The standard InChI is InChI=1S/C16H13BrN4O3/c17-10-1-2-11-7-13(18-21(11)8-10)15(22)19-5-6-20-12(9-19)3-4-14(20)16(23)24/h1-4,7-8H,5-6,9H2,(H,23,24). The largest absolute Gasteiger partial charge is 0.477 e. The van der Waals surface area contributed by atoms with E-state index in [0.29, 0.717) is 25.3 Å². The third kappa shape index (κ3) is 2.39. The molecule has 8 heteroatoms. The minimum absolute atomic E-state index is 0.154. The van der Waals surface area contributed by atoms with Gasteiger partial charge in [-0.2, -0.15) is 5.10 Å². The number of carbonyl (C=O) groups is 2. The van der Waals surface area contributed by atoms with E-state index in [1.54, 1.807) is 38.4 Å². The summed E-state index contributed by atoms with van der Waals surface area (Å²) in [6.45, 7) is 1.30. The van der Waals surface area contributed by atoms with Crippen molar-refractivity contribution in [2.24, 2.45) is 0 Å². The van der Waals surface area contributed by atoms with Gasteiger partial charge in [-0.3, -0.25) is 4.79 Å². The maximum absolute atomic E-state index is 12.7. The number of hydrogen-bond acceptors (Lipinski definition) is 3. The highest BCUT2D eigenvalue weighted by Crippen LogP contribution is 2.20. The van der Waals surface area contributed by atoms with E-state index in [-0.39, 0.29) is 11.6 Å². The highest BCUT2D eigenvalue weighted by Gasteiger charge is 2.26. The molecule has 0 aliphatic carbocycles. The molecule has 0 fully saturated rings. The molecule has 0 saturated heterocycles. The van der Waals surface area contributed by atoms with Gasteiger partial charge in [0, 0.05) is 29.5 Å². The minimum atomic E-state index is -0.952. The number of aromatic nitrogens is 3. The Morgan fingerprint density at radius 2 is 2.00 bits per heavy atom. The zero-order chi connectivity index (χ0) is 16.8. The Morgan fingerprint density at radius 3 is 2.79 bits per heavy atom. The second-order valence-electron chi connectivity index (χ2n) is 5.64. The van der Waals surface area contributed by atoms with Gasteiger partial charge < -0.3 is 14.6 Å². The number of rotatable bonds is 2. The molecule has 1 aliphatic rings. The van der Waals surface area contributed by atoms with Gasteiger partial charge in [-0.15, -0.1) is 0 Å². The Labute approximate surface area is 145 Å². The number of amides is 1. The van der Waals surface area contributed by atoms with Gasteiger partial charge >= 0.3 is 5.97 Å². The molecule has 3 aromatic rings. The molecule has 0 radical (unpaired) electrons. The van der Waals surface area contributed by atoms with Crippen LogP contribution in [0.3, 0.4) is 0 Å². The molecular weight excluding hydrogens is 376 g/mol. The number of pyridine rings is 1. The number of aromatic carboxylic acids is 1. The van der Waals surface area contributed by atoms with Gasteiger partial charge in [0.25, 0.3) is 5.91 Å². The normalized spacial score (nSPS) is 14.0. The number of carbonyl (C=O) groups excluding carboxylic acids is 1. The first kappa shape index (κ1) is 14.9. The lowest BCUT2D eigenvalue weighted by Crippen LogP contribution is -2.39. The van der Waals surface area contributed by atoms with Crippen LogP contribution >= 0.6 is 15.9 Å². The molecule has 0 bridgehead atoms. The van der Waals surface area contributed by atoms with Crippen LogP contribution in [-0.2, 0) is 13.1 Å². The summed E-state index contributed by atoms with van der Waals surface area (Å²) in [4.78, 5) is 25.6.